The number of carbonyl (C=O) groups excluding carboxylic acids is 2. The standard InChI is InChI=1S/C20H21N3O3/c24-19-10-17(20(25)21-11-14-3-2-8-22(26)12-14)13-23(19)18-7-6-15-4-1-5-16(15)9-18/h2-3,6-9,12,17H,1,4-5,10-11,13H2,(H,21,25). The van der Waals surface area contributed by atoms with Gasteiger partial charge in [0.2, 0.25) is 11.8 Å². The first kappa shape index (κ1) is 16.6. The number of carbonyl (C=O) groups is 2. The summed E-state index contributed by atoms with van der Waals surface area (Å²) in [5.74, 6) is -0.526. The van der Waals surface area contributed by atoms with E-state index >= 15 is 0 Å². The van der Waals surface area contributed by atoms with Crippen molar-refractivity contribution in [2.75, 3.05) is 11.4 Å². The molecule has 2 amide bonds. The summed E-state index contributed by atoms with van der Waals surface area (Å²) < 4.78 is 0.705. The Balaban J connectivity index is 1.40. The van der Waals surface area contributed by atoms with Gasteiger partial charge in [-0.15, -0.1) is 0 Å². The zero-order valence-electron chi connectivity index (χ0n) is 14.5. The minimum absolute atomic E-state index is 0.0137. The summed E-state index contributed by atoms with van der Waals surface area (Å²) in [6, 6.07) is 9.61. The van der Waals surface area contributed by atoms with E-state index in [1.807, 2.05) is 6.07 Å². The summed E-state index contributed by atoms with van der Waals surface area (Å²) in [6.07, 6.45) is 6.38. The van der Waals surface area contributed by atoms with E-state index in [4.69, 9.17) is 0 Å². The minimum atomic E-state index is -0.362. The van der Waals surface area contributed by atoms with Gasteiger partial charge in [0.1, 0.15) is 0 Å². The number of anilines is 1. The van der Waals surface area contributed by atoms with Crippen LogP contribution in [0.4, 0.5) is 5.69 Å². The van der Waals surface area contributed by atoms with Gasteiger partial charge in [-0.1, -0.05) is 6.07 Å². The van der Waals surface area contributed by atoms with Gasteiger partial charge in [-0.3, -0.25) is 9.59 Å². The van der Waals surface area contributed by atoms with Crippen LogP contribution in [0.3, 0.4) is 0 Å². The number of amides is 2. The van der Waals surface area contributed by atoms with Gasteiger partial charge in [-0.25, -0.2) is 0 Å². The van der Waals surface area contributed by atoms with Crippen LogP contribution in [0.1, 0.15) is 29.5 Å². The van der Waals surface area contributed by atoms with Crippen molar-refractivity contribution < 1.29 is 14.3 Å². The lowest BCUT2D eigenvalue weighted by atomic mass is 10.1. The molecule has 0 bridgehead atoms. The average Bonchev–Trinajstić information content (AvgIpc) is 3.25. The second-order valence-corrected chi connectivity index (χ2v) is 7.00. The highest BCUT2D eigenvalue weighted by Crippen LogP contribution is 2.30. The van der Waals surface area contributed by atoms with Gasteiger partial charge in [0.25, 0.3) is 0 Å². The van der Waals surface area contributed by atoms with Crippen LogP contribution < -0.4 is 14.9 Å². The molecule has 2 heterocycles. The smallest absolute Gasteiger partial charge is 0.227 e. The lowest BCUT2D eigenvalue weighted by Gasteiger charge is -2.18. The van der Waals surface area contributed by atoms with Crippen molar-refractivity contribution in [3.8, 4) is 0 Å². The number of benzene rings is 1. The van der Waals surface area contributed by atoms with E-state index in [1.165, 1.54) is 29.9 Å². The number of aryl methyl sites for hydroxylation is 2. The van der Waals surface area contributed by atoms with Crippen molar-refractivity contribution in [1.29, 1.82) is 0 Å². The molecule has 6 heteroatoms. The van der Waals surface area contributed by atoms with Crippen LogP contribution in [0.2, 0.25) is 0 Å². The third kappa shape index (κ3) is 3.27. The lowest BCUT2D eigenvalue weighted by molar-refractivity contribution is -0.605. The summed E-state index contributed by atoms with van der Waals surface area (Å²) in [4.78, 5) is 26.6. The van der Waals surface area contributed by atoms with Crippen LogP contribution in [0, 0.1) is 11.1 Å². The van der Waals surface area contributed by atoms with Crippen molar-refractivity contribution in [3.05, 3.63) is 64.6 Å². The van der Waals surface area contributed by atoms with Gasteiger partial charge < -0.3 is 15.4 Å². The molecule has 1 aromatic heterocycles. The monoisotopic (exact) mass is 351 g/mol. The Morgan fingerprint density at radius 2 is 2.12 bits per heavy atom. The maximum absolute atomic E-state index is 12.4. The van der Waals surface area contributed by atoms with Gasteiger partial charge in [0, 0.05) is 36.8 Å². The molecule has 6 nitrogen and oxygen atoms in total. The molecule has 2 aliphatic rings. The topological polar surface area (TPSA) is 76.4 Å². The van der Waals surface area contributed by atoms with Crippen LogP contribution in [-0.4, -0.2) is 18.4 Å². The molecule has 1 saturated heterocycles. The second kappa shape index (κ2) is 6.78. The van der Waals surface area contributed by atoms with Gasteiger partial charge in [0.05, 0.1) is 5.92 Å². The van der Waals surface area contributed by atoms with E-state index in [-0.39, 0.29) is 30.7 Å². The van der Waals surface area contributed by atoms with Crippen molar-refractivity contribution >= 4 is 17.5 Å². The number of fused-ring (bicyclic) bond motifs is 1. The van der Waals surface area contributed by atoms with Gasteiger partial charge in [-0.2, -0.15) is 4.73 Å². The fourth-order valence-corrected chi connectivity index (χ4v) is 3.80. The molecule has 134 valence electrons. The third-order valence-electron chi connectivity index (χ3n) is 5.19. The molecule has 1 aliphatic carbocycles. The minimum Gasteiger partial charge on any atom is -0.619 e. The van der Waals surface area contributed by atoms with Gasteiger partial charge in [0.15, 0.2) is 12.4 Å². The zero-order chi connectivity index (χ0) is 18.1. The highest BCUT2D eigenvalue weighted by molar-refractivity contribution is 6.00. The average molecular weight is 351 g/mol. The van der Waals surface area contributed by atoms with Crippen molar-refractivity contribution in [2.45, 2.75) is 32.2 Å². The molecule has 1 atom stereocenters. The van der Waals surface area contributed by atoms with Crippen LogP contribution >= 0.6 is 0 Å². The Morgan fingerprint density at radius 1 is 1.27 bits per heavy atom. The number of nitrogens with one attached hydrogen (secondary N) is 1. The third-order valence-corrected chi connectivity index (χ3v) is 5.19. The summed E-state index contributed by atoms with van der Waals surface area (Å²) in [5, 5.41) is 14.1. The molecule has 1 aliphatic heterocycles. The molecule has 0 saturated carbocycles. The molecule has 1 fully saturated rings. The zero-order valence-corrected chi connectivity index (χ0v) is 14.5. The SMILES string of the molecule is O=C(NCc1ccc[n+]([O-])c1)C1CC(=O)N(c2ccc3c(c2)CCC3)C1. The van der Waals surface area contributed by atoms with Crippen LogP contribution in [0.25, 0.3) is 0 Å². The number of pyridine rings is 1. The van der Waals surface area contributed by atoms with E-state index in [9.17, 15) is 14.8 Å². The molecule has 1 N–H and O–H groups in total. The number of aromatic nitrogens is 1. The van der Waals surface area contributed by atoms with Crippen molar-refractivity contribution in [3.63, 3.8) is 0 Å². The van der Waals surface area contributed by atoms with E-state index < -0.39 is 0 Å². The normalized spacial score (nSPS) is 18.8. The number of hydrogen-bond donors (Lipinski definition) is 1. The Labute approximate surface area is 152 Å². The summed E-state index contributed by atoms with van der Waals surface area (Å²) in [7, 11) is 0. The quantitative estimate of drug-likeness (QED) is 0.670. The Hall–Kier alpha value is -2.89. The number of nitrogens with zero attached hydrogens (tertiary/aromatic N) is 2. The molecular weight excluding hydrogens is 330 g/mol. The van der Waals surface area contributed by atoms with Crippen molar-refractivity contribution in [1.82, 2.24) is 5.32 Å². The summed E-state index contributed by atoms with van der Waals surface area (Å²) in [6.45, 7) is 0.686. The summed E-state index contributed by atoms with van der Waals surface area (Å²) in [5.41, 5.74) is 4.31. The van der Waals surface area contributed by atoms with Gasteiger partial charge >= 0.3 is 0 Å². The predicted octanol–water partition coefficient (Wildman–Crippen LogP) is 1.48. The fraction of sp³-hybridized carbons (Fsp3) is 0.350. The number of rotatable bonds is 4. The van der Waals surface area contributed by atoms with E-state index in [0.717, 1.165) is 24.1 Å². The summed E-state index contributed by atoms with van der Waals surface area (Å²) >= 11 is 0. The molecule has 1 unspecified atom stereocenters. The van der Waals surface area contributed by atoms with E-state index in [2.05, 4.69) is 17.4 Å². The fourth-order valence-electron chi connectivity index (χ4n) is 3.80. The highest BCUT2D eigenvalue weighted by Gasteiger charge is 2.35. The lowest BCUT2D eigenvalue weighted by Crippen LogP contribution is -2.33. The molecule has 4 rings (SSSR count). The molecule has 0 radical (unpaired) electrons. The maximum Gasteiger partial charge on any atom is 0.227 e. The van der Waals surface area contributed by atoms with E-state index in [1.54, 1.807) is 17.0 Å². The van der Waals surface area contributed by atoms with Gasteiger partial charge in [-0.05, 0) is 48.6 Å². The second-order valence-electron chi connectivity index (χ2n) is 7.00. The maximum atomic E-state index is 12.4. The highest BCUT2D eigenvalue weighted by atomic mass is 16.5. The van der Waals surface area contributed by atoms with Crippen molar-refractivity contribution in [2.24, 2.45) is 5.92 Å². The molecule has 1 aromatic carbocycles. The Morgan fingerprint density at radius 3 is 2.96 bits per heavy atom. The largest absolute Gasteiger partial charge is 0.619 e. The first-order valence-corrected chi connectivity index (χ1v) is 8.98. The molecule has 26 heavy (non-hydrogen) atoms. The molecule has 2 aromatic rings. The van der Waals surface area contributed by atoms with Crippen LogP contribution in [0.5, 0.6) is 0 Å². The molecular formula is C20H21N3O3. The Kier molecular flexibility index (Phi) is 4.32. The van der Waals surface area contributed by atoms with Crippen LogP contribution in [-0.2, 0) is 29.0 Å². The molecule has 0 spiro atoms. The van der Waals surface area contributed by atoms with Crippen LogP contribution in [0.15, 0.2) is 42.7 Å². The number of hydrogen-bond acceptors (Lipinski definition) is 3. The predicted molar refractivity (Wildman–Crippen MR) is 96.2 cm³/mol. The Bertz CT molecular complexity index is 865. The van der Waals surface area contributed by atoms with E-state index in [0.29, 0.717) is 11.3 Å². The first-order chi connectivity index (χ1) is 12.6. The first-order valence-electron chi connectivity index (χ1n) is 8.98.